The van der Waals surface area contributed by atoms with Gasteiger partial charge in [-0.15, -0.1) is 0 Å². The number of hydrogen-bond acceptors (Lipinski definition) is 3. The van der Waals surface area contributed by atoms with Gasteiger partial charge >= 0.3 is 0 Å². The molecule has 21 heavy (non-hydrogen) atoms. The largest absolute Gasteiger partial charge is 0.506 e. The summed E-state index contributed by atoms with van der Waals surface area (Å²) in [7, 11) is 0. The van der Waals surface area contributed by atoms with Gasteiger partial charge in [0.25, 0.3) is 5.91 Å². The number of nitrogens with one attached hydrogen (secondary N) is 1. The summed E-state index contributed by atoms with van der Waals surface area (Å²) < 4.78 is 0. The van der Waals surface area contributed by atoms with E-state index >= 15 is 0 Å². The zero-order chi connectivity index (χ0) is 15.6. The molecular weight excluding hydrogens is 264 g/mol. The molecule has 2 rings (SSSR count). The molecule has 0 saturated heterocycles. The van der Waals surface area contributed by atoms with E-state index in [1.807, 2.05) is 45.0 Å². The van der Waals surface area contributed by atoms with Crippen molar-refractivity contribution >= 4 is 16.7 Å². The highest BCUT2D eigenvalue weighted by Crippen LogP contribution is 2.29. The maximum atomic E-state index is 12.5. The normalized spacial score (nSPS) is 14.1. The summed E-state index contributed by atoms with van der Waals surface area (Å²) >= 11 is 0. The van der Waals surface area contributed by atoms with Crippen LogP contribution < -0.4 is 11.1 Å². The zero-order valence-corrected chi connectivity index (χ0v) is 12.7. The minimum Gasteiger partial charge on any atom is -0.506 e. The number of benzene rings is 2. The van der Waals surface area contributed by atoms with E-state index in [9.17, 15) is 9.90 Å². The Kier molecular flexibility index (Phi) is 4.19. The maximum Gasteiger partial charge on any atom is 0.255 e. The summed E-state index contributed by atoms with van der Waals surface area (Å²) in [5, 5.41) is 14.8. The monoisotopic (exact) mass is 286 g/mol. The van der Waals surface area contributed by atoms with Gasteiger partial charge in [0.1, 0.15) is 5.75 Å². The minimum atomic E-state index is -0.505. The van der Waals surface area contributed by atoms with Crippen molar-refractivity contribution in [2.45, 2.75) is 26.3 Å². The lowest BCUT2D eigenvalue weighted by atomic mass is 9.88. The summed E-state index contributed by atoms with van der Waals surface area (Å²) in [6, 6.07) is 10.9. The minimum absolute atomic E-state index is 0.00808. The van der Waals surface area contributed by atoms with Gasteiger partial charge in [-0.1, -0.05) is 44.2 Å². The fourth-order valence-electron chi connectivity index (χ4n) is 2.20. The predicted molar refractivity (Wildman–Crippen MR) is 85.4 cm³/mol. The lowest BCUT2D eigenvalue weighted by Gasteiger charge is -2.33. The van der Waals surface area contributed by atoms with Crippen LogP contribution in [0.15, 0.2) is 36.4 Å². The molecule has 4 heteroatoms. The molecule has 1 atom stereocenters. The average molecular weight is 286 g/mol. The van der Waals surface area contributed by atoms with E-state index in [2.05, 4.69) is 5.32 Å². The van der Waals surface area contributed by atoms with Gasteiger partial charge in [0.05, 0.1) is 11.1 Å². The van der Waals surface area contributed by atoms with Crippen molar-refractivity contribution in [2.24, 2.45) is 11.7 Å². The molecule has 0 aliphatic rings. The van der Waals surface area contributed by atoms with Gasteiger partial charge < -0.3 is 16.2 Å². The van der Waals surface area contributed by atoms with Crippen molar-refractivity contribution in [1.82, 2.24) is 5.32 Å². The molecular formula is C17H22N2O2. The molecule has 0 spiro atoms. The van der Waals surface area contributed by atoms with E-state index in [0.717, 1.165) is 5.39 Å². The molecule has 4 nitrogen and oxygen atoms in total. The molecule has 1 amide bonds. The second-order valence-corrected chi connectivity index (χ2v) is 5.91. The molecule has 0 saturated carbocycles. The highest BCUT2D eigenvalue weighted by molar-refractivity contribution is 6.03. The van der Waals surface area contributed by atoms with Crippen LogP contribution in [0.3, 0.4) is 0 Å². The van der Waals surface area contributed by atoms with E-state index < -0.39 is 5.54 Å². The smallest absolute Gasteiger partial charge is 0.255 e. The molecule has 0 radical (unpaired) electrons. The van der Waals surface area contributed by atoms with Gasteiger partial charge in [-0.3, -0.25) is 4.79 Å². The molecule has 4 N–H and O–H groups in total. The second kappa shape index (κ2) is 5.74. The molecule has 0 heterocycles. The van der Waals surface area contributed by atoms with E-state index in [0.29, 0.717) is 11.9 Å². The van der Waals surface area contributed by atoms with E-state index in [4.69, 9.17) is 5.73 Å². The molecule has 0 aliphatic carbocycles. The highest BCUT2D eigenvalue weighted by Gasteiger charge is 2.29. The third-order valence-corrected chi connectivity index (χ3v) is 4.24. The maximum absolute atomic E-state index is 12.5. The summed E-state index contributed by atoms with van der Waals surface area (Å²) in [6.07, 6.45) is 0. The second-order valence-electron chi connectivity index (χ2n) is 5.91. The first kappa shape index (κ1) is 15.3. The fraction of sp³-hybridized carbons (Fsp3) is 0.353. The third kappa shape index (κ3) is 2.85. The number of aromatic hydroxyl groups is 1. The van der Waals surface area contributed by atoms with Gasteiger partial charge in [0.2, 0.25) is 0 Å². The van der Waals surface area contributed by atoms with Crippen LogP contribution in [0.4, 0.5) is 0 Å². The highest BCUT2D eigenvalue weighted by atomic mass is 16.3. The van der Waals surface area contributed by atoms with E-state index in [1.54, 1.807) is 12.1 Å². The van der Waals surface area contributed by atoms with Crippen LogP contribution in [0.1, 0.15) is 31.1 Å². The Balaban J connectivity index is 2.38. The first-order valence-electron chi connectivity index (χ1n) is 7.12. The van der Waals surface area contributed by atoms with Crippen LogP contribution in [-0.4, -0.2) is 23.1 Å². The molecule has 2 aromatic carbocycles. The van der Waals surface area contributed by atoms with Gasteiger partial charge in [-0.25, -0.2) is 0 Å². The number of phenols is 1. The summed E-state index contributed by atoms with van der Waals surface area (Å²) in [5.41, 5.74) is 5.55. The van der Waals surface area contributed by atoms with Crippen molar-refractivity contribution in [3.05, 3.63) is 42.0 Å². The van der Waals surface area contributed by atoms with Crippen molar-refractivity contribution in [3.63, 3.8) is 0 Å². The molecule has 112 valence electrons. The number of amides is 1. The lowest BCUT2D eigenvalue weighted by molar-refractivity contribution is 0.0881. The first-order valence-corrected chi connectivity index (χ1v) is 7.12. The Morgan fingerprint density at radius 2 is 1.95 bits per heavy atom. The van der Waals surface area contributed by atoms with Crippen molar-refractivity contribution in [3.8, 4) is 5.75 Å². The molecule has 0 bridgehead atoms. The van der Waals surface area contributed by atoms with E-state index in [-0.39, 0.29) is 23.1 Å². The van der Waals surface area contributed by atoms with Crippen molar-refractivity contribution < 1.29 is 9.90 Å². The average Bonchev–Trinajstić information content (AvgIpc) is 2.47. The quantitative estimate of drug-likeness (QED) is 0.808. The number of carbonyl (C=O) groups is 1. The Morgan fingerprint density at radius 1 is 1.29 bits per heavy atom. The van der Waals surface area contributed by atoms with Crippen LogP contribution in [0.2, 0.25) is 0 Å². The molecule has 1 unspecified atom stereocenters. The van der Waals surface area contributed by atoms with Crippen LogP contribution in [0, 0.1) is 5.92 Å². The third-order valence-electron chi connectivity index (χ3n) is 4.24. The number of rotatable bonds is 4. The SMILES string of the molecule is CC(C)C(C)(CN)NC(=O)c1ccc2ccccc2c1O. The van der Waals surface area contributed by atoms with Gasteiger partial charge in [0.15, 0.2) is 0 Å². The number of fused-ring (bicyclic) bond motifs is 1. The standard InChI is InChI=1S/C17H22N2O2/c1-11(2)17(3,10-18)19-16(21)14-9-8-12-6-4-5-7-13(12)15(14)20/h4-9,11,20H,10,18H2,1-3H3,(H,19,21). The van der Waals surface area contributed by atoms with Crippen LogP contribution in [0.5, 0.6) is 5.75 Å². The molecule has 2 aromatic rings. The first-order chi connectivity index (χ1) is 9.89. The van der Waals surface area contributed by atoms with Gasteiger partial charge in [0, 0.05) is 11.9 Å². The number of nitrogens with two attached hydrogens (primary N) is 1. The topological polar surface area (TPSA) is 75.3 Å². The number of hydrogen-bond donors (Lipinski definition) is 3. The number of phenolic OH excluding ortho intramolecular Hbond substituents is 1. The zero-order valence-electron chi connectivity index (χ0n) is 12.7. The van der Waals surface area contributed by atoms with Gasteiger partial charge in [-0.05, 0) is 24.3 Å². The molecule has 0 aromatic heterocycles. The number of carbonyl (C=O) groups excluding carboxylic acids is 1. The van der Waals surface area contributed by atoms with E-state index in [1.165, 1.54) is 0 Å². The summed E-state index contributed by atoms with van der Waals surface area (Å²) in [4.78, 5) is 12.5. The Bertz CT molecular complexity index is 667. The van der Waals surface area contributed by atoms with Crippen LogP contribution in [0.25, 0.3) is 10.8 Å². The Morgan fingerprint density at radius 3 is 2.57 bits per heavy atom. The summed E-state index contributed by atoms with van der Waals surface area (Å²) in [6.45, 7) is 6.26. The van der Waals surface area contributed by atoms with Crippen LogP contribution in [-0.2, 0) is 0 Å². The fourth-order valence-corrected chi connectivity index (χ4v) is 2.20. The predicted octanol–water partition coefficient (Wildman–Crippen LogP) is 2.65. The Labute approximate surface area is 125 Å². The molecule has 0 aliphatic heterocycles. The van der Waals surface area contributed by atoms with Crippen molar-refractivity contribution in [2.75, 3.05) is 6.54 Å². The lowest BCUT2D eigenvalue weighted by Crippen LogP contribution is -2.55. The van der Waals surface area contributed by atoms with Crippen LogP contribution >= 0.6 is 0 Å². The van der Waals surface area contributed by atoms with Crippen molar-refractivity contribution in [1.29, 1.82) is 0 Å². The van der Waals surface area contributed by atoms with Gasteiger partial charge in [-0.2, -0.15) is 0 Å². The summed E-state index contributed by atoms with van der Waals surface area (Å²) in [5.74, 6) is -0.109. The molecule has 0 fully saturated rings. The Hall–Kier alpha value is -2.07.